The quantitative estimate of drug-likeness (QED) is 0.655. The molecule has 0 radical (unpaired) electrons. The fourth-order valence-electron chi connectivity index (χ4n) is 2.10. The van der Waals surface area contributed by atoms with E-state index in [0.717, 1.165) is 12.0 Å². The summed E-state index contributed by atoms with van der Waals surface area (Å²) in [6.07, 6.45) is 0.919. The molecule has 104 valence electrons. The highest BCUT2D eigenvalue weighted by Gasteiger charge is 2.16. The lowest BCUT2D eigenvalue weighted by Crippen LogP contribution is -2.05. The third-order valence-electron chi connectivity index (χ3n) is 3.14. The zero-order valence-electron chi connectivity index (χ0n) is 11.1. The lowest BCUT2D eigenvalue weighted by Gasteiger charge is -2.11. The summed E-state index contributed by atoms with van der Waals surface area (Å²) < 4.78 is 0. The van der Waals surface area contributed by atoms with Gasteiger partial charge in [-0.25, -0.2) is 0 Å². The molecule has 0 aliphatic carbocycles. The average Bonchev–Trinajstić information content (AvgIpc) is 2.46. The van der Waals surface area contributed by atoms with Gasteiger partial charge in [0.15, 0.2) is 0 Å². The van der Waals surface area contributed by atoms with Crippen molar-refractivity contribution in [3.63, 3.8) is 0 Å². The highest BCUT2D eigenvalue weighted by atomic mass is 35.5. The number of nitrogens with one attached hydrogen (secondary N) is 1. The lowest BCUT2D eigenvalue weighted by molar-refractivity contribution is -0.383. The summed E-state index contributed by atoms with van der Waals surface area (Å²) >= 11 is 6.05. The molecule has 0 aliphatic rings. The summed E-state index contributed by atoms with van der Waals surface area (Å²) in [6, 6.07) is 12.7. The lowest BCUT2D eigenvalue weighted by atomic mass is 10.1. The molecule has 2 aromatic rings. The molecule has 0 spiro atoms. The number of rotatable bonds is 5. The number of halogens is 1. The van der Waals surface area contributed by atoms with Gasteiger partial charge in [-0.05, 0) is 23.6 Å². The van der Waals surface area contributed by atoms with E-state index in [-0.39, 0.29) is 5.69 Å². The highest BCUT2D eigenvalue weighted by Crippen LogP contribution is 2.32. The Morgan fingerprint density at radius 1 is 1.15 bits per heavy atom. The van der Waals surface area contributed by atoms with Gasteiger partial charge in [0, 0.05) is 12.6 Å². The van der Waals surface area contributed by atoms with Crippen molar-refractivity contribution in [3.05, 3.63) is 68.7 Å². The van der Waals surface area contributed by atoms with Crippen molar-refractivity contribution in [1.82, 2.24) is 0 Å². The van der Waals surface area contributed by atoms with E-state index in [9.17, 15) is 10.1 Å². The van der Waals surface area contributed by atoms with E-state index < -0.39 is 4.92 Å². The molecular weight excluding hydrogens is 276 g/mol. The van der Waals surface area contributed by atoms with E-state index in [2.05, 4.69) is 18.3 Å². The van der Waals surface area contributed by atoms with E-state index >= 15 is 0 Å². The first-order chi connectivity index (χ1) is 9.63. The maximum absolute atomic E-state index is 11.0. The van der Waals surface area contributed by atoms with Crippen LogP contribution in [0.25, 0.3) is 0 Å². The van der Waals surface area contributed by atoms with Gasteiger partial charge in [-0.3, -0.25) is 10.1 Å². The third-order valence-corrected chi connectivity index (χ3v) is 3.46. The maximum Gasteiger partial charge on any atom is 0.293 e. The van der Waals surface area contributed by atoms with Gasteiger partial charge in [-0.2, -0.15) is 0 Å². The second kappa shape index (κ2) is 6.39. The molecule has 5 heteroatoms. The van der Waals surface area contributed by atoms with Gasteiger partial charge in [-0.1, -0.05) is 48.9 Å². The molecule has 0 saturated carbocycles. The van der Waals surface area contributed by atoms with E-state index in [0.29, 0.717) is 17.3 Å². The van der Waals surface area contributed by atoms with Crippen LogP contribution in [0.4, 0.5) is 11.4 Å². The van der Waals surface area contributed by atoms with Crippen LogP contribution >= 0.6 is 11.6 Å². The molecule has 20 heavy (non-hydrogen) atoms. The minimum atomic E-state index is -0.431. The van der Waals surface area contributed by atoms with Crippen LogP contribution in [0.5, 0.6) is 0 Å². The summed E-state index contributed by atoms with van der Waals surface area (Å²) in [5, 5.41) is 14.5. The zero-order chi connectivity index (χ0) is 14.5. The largest absolute Gasteiger partial charge is 0.374 e. The molecule has 0 amide bonds. The summed E-state index contributed by atoms with van der Waals surface area (Å²) in [5.41, 5.74) is 2.69. The molecular formula is C15H15ClN2O2. The topological polar surface area (TPSA) is 55.2 Å². The molecule has 2 rings (SSSR count). The molecule has 0 aromatic heterocycles. The number of aryl methyl sites for hydroxylation is 1. The first kappa shape index (κ1) is 14.3. The molecule has 0 heterocycles. The predicted molar refractivity (Wildman–Crippen MR) is 81.3 cm³/mol. The summed E-state index contributed by atoms with van der Waals surface area (Å²) in [5.74, 6) is 0. The van der Waals surface area contributed by atoms with Gasteiger partial charge >= 0.3 is 0 Å². The van der Waals surface area contributed by atoms with Gasteiger partial charge in [0.25, 0.3) is 5.69 Å². The number of anilines is 1. The van der Waals surface area contributed by atoms with Crippen LogP contribution in [0.1, 0.15) is 18.1 Å². The van der Waals surface area contributed by atoms with Crippen molar-refractivity contribution in [2.45, 2.75) is 19.9 Å². The number of nitrogens with zero attached hydrogens (tertiary/aromatic N) is 1. The fraction of sp³-hybridized carbons (Fsp3) is 0.200. The van der Waals surface area contributed by atoms with Gasteiger partial charge in [0.05, 0.1) is 9.95 Å². The highest BCUT2D eigenvalue weighted by molar-refractivity contribution is 6.33. The molecule has 0 saturated heterocycles. The van der Waals surface area contributed by atoms with Crippen LogP contribution in [0.3, 0.4) is 0 Å². The number of nitro groups is 1. The minimum absolute atomic E-state index is 0.00789. The van der Waals surface area contributed by atoms with E-state index in [1.165, 1.54) is 11.6 Å². The fourth-order valence-corrected chi connectivity index (χ4v) is 2.33. The monoisotopic (exact) mass is 290 g/mol. The van der Waals surface area contributed by atoms with Crippen LogP contribution in [0.2, 0.25) is 5.02 Å². The van der Waals surface area contributed by atoms with Crippen molar-refractivity contribution in [2.24, 2.45) is 0 Å². The molecule has 0 aliphatic heterocycles. The molecule has 2 aromatic carbocycles. The van der Waals surface area contributed by atoms with Gasteiger partial charge in [0.2, 0.25) is 0 Å². The minimum Gasteiger partial charge on any atom is -0.374 e. The first-order valence-corrected chi connectivity index (χ1v) is 6.74. The number of hydrogen-bond acceptors (Lipinski definition) is 3. The Morgan fingerprint density at radius 3 is 2.50 bits per heavy atom. The summed E-state index contributed by atoms with van der Waals surface area (Å²) in [6.45, 7) is 2.59. The second-order valence-corrected chi connectivity index (χ2v) is 4.77. The van der Waals surface area contributed by atoms with Crippen molar-refractivity contribution < 1.29 is 4.92 Å². The Kier molecular flexibility index (Phi) is 4.58. The molecule has 0 unspecified atom stereocenters. The van der Waals surface area contributed by atoms with Crippen molar-refractivity contribution in [2.75, 3.05) is 5.32 Å². The van der Waals surface area contributed by atoms with E-state index in [4.69, 9.17) is 11.6 Å². The molecule has 0 bridgehead atoms. The normalized spacial score (nSPS) is 10.3. The molecule has 1 N–H and O–H groups in total. The Bertz CT molecular complexity index is 629. The van der Waals surface area contributed by atoms with Crippen LogP contribution in [-0.4, -0.2) is 4.92 Å². The standard InChI is InChI=1S/C15H15ClN2O2/c1-2-11-6-3-4-7-12(11)10-17-15-13(16)8-5-9-14(15)18(19)20/h3-9,17H,2,10H2,1H3. The van der Waals surface area contributed by atoms with Crippen LogP contribution in [-0.2, 0) is 13.0 Å². The molecule has 0 fully saturated rings. The van der Waals surface area contributed by atoms with Crippen molar-refractivity contribution >= 4 is 23.0 Å². The van der Waals surface area contributed by atoms with E-state index in [1.807, 2.05) is 18.2 Å². The predicted octanol–water partition coefficient (Wildman–Crippen LogP) is 4.42. The molecule has 4 nitrogen and oxygen atoms in total. The van der Waals surface area contributed by atoms with E-state index in [1.54, 1.807) is 12.1 Å². The number of para-hydroxylation sites is 1. The van der Waals surface area contributed by atoms with Crippen molar-refractivity contribution in [3.8, 4) is 0 Å². The SMILES string of the molecule is CCc1ccccc1CNc1c(Cl)cccc1[N+](=O)[O-]. The van der Waals surface area contributed by atoms with Crippen LogP contribution in [0, 0.1) is 10.1 Å². The second-order valence-electron chi connectivity index (χ2n) is 4.37. The summed E-state index contributed by atoms with van der Waals surface area (Å²) in [7, 11) is 0. The van der Waals surface area contributed by atoms with Gasteiger partial charge in [-0.15, -0.1) is 0 Å². The smallest absolute Gasteiger partial charge is 0.293 e. The number of nitro benzene ring substituents is 1. The number of hydrogen-bond donors (Lipinski definition) is 1. The Morgan fingerprint density at radius 2 is 1.85 bits per heavy atom. The summed E-state index contributed by atoms with van der Waals surface area (Å²) in [4.78, 5) is 10.6. The average molecular weight is 291 g/mol. The van der Waals surface area contributed by atoms with Crippen LogP contribution < -0.4 is 5.32 Å². The Balaban J connectivity index is 2.25. The Labute approximate surface area is 122 Å². The Hall–Kier alpha value is -2.07. The maximum atomic E-state index is 11.0. The van der Waals surface area contributed by atoms with Gasteiger partial charge < -0.3 is 5.32 Å². The first-order valence-electron chi connectivity index (χ1n) is 6.37. The third kappa shape index (κ3) is 3.08. The van der Waals surface area contributed by atoms with Crippen LogP contribution in [0.15, 0.2) is 42.5 Å². The number of benzene rings is 2. The van der Waals surface area contributed by atoms with Gasteiger partial charge in [0.1, 0.15) is 5.69 Å². The zero-order valence-corrected chi connectivity index (χ0v) is 11.9. The van der Waals surface area contributed by atoms with Crippen molar-refractivity contribution in [1.29, 1.82) is 0 Å². The molecule has 0 atom stereocenters.